The first-order chi connectivity index (χ1) is 8.61. The minimum Gasteiger partial charge on any atom is -0.387 e. The third kappa shape index (κ3) is 2.41. The SMILES string of the molecule is O=C1CCCC[C@H]1[C@@H](O)c1ccccc1[N+](=O)[O-]. The van der Waals surface area contributed by atoms with E-state index < -0.39 is 16.9 Å². The minimum atomic E-state index is -1.07. The van der Waals surface area contributed by atoms with Crippen molar-refractivity contribution < 1.29 is 14.8 Å². The lowest BCUT2D eigenvalue weighted by molar-refractivity contribution is -0.386. The molecule has 1 saturated carbocycles. The number of benzene rings is 1. The molecule has 0 bridgehead atoms. The molecule has 0 aromatic heterocycles. The van der Waals surface area contributed by atoms with Gasteiger partial charge in [0.1, 0.15) is 5.78 Å². The van der Waals surface area contributed by atoms with Gasteiger partial charge in [-0.15, -0.1) is 0 Å². The van der Waals surface area contributed by atoms with Crippen molar-refractivity contribution in [2.75, 3.05) is 0 Å². The van der Waals surface area contributed by atoms with E-state index in [0.717, 1.165) is 12.8 Å². The highest BCUT2D eigenvalue weighted by atomic mass is 16.6. The smallest absolute Gasteiger partial charge is 0.275 e. The molecule has 1 aliphatic rings. The Labute approximate surface area is 105 Å². The molecule has 2 rings (SSSR count). The van der Waals surface area contributed by atoms with E-state index >= 15 is 0 Å². The van der Waals surface area contributed by atoms with Crippen LogP contribution < -0.4 is 0 Å². The van der Waals surface area contributed by atoms with Crippen LogP contribution in [-0.4, -0.2) is 15.8 Å². The number of rotatable bonds is 3. The Bertz CT molecular complexity index is 472. The van der Waals surface area contributed by atoms with E-state index in [2.05, 4.69) is 0 Å². The van der Waals surface area contributed by atoms with E-state index in [0.29, 0.717) is 12.8 Å². The van der Waals surface area contributed by atoms with E-state index in [1.165, 1.54) is 12.1 Å². The molecule has 1 aromatic carbocycles. The predicted molar refractivity (Wildman–Crippen MR) is 65.0 cm³/mol. The van der Waals surface area contributed by atoms with E-state index in [-0.39, 0.29) is 17.0 Å². The maximum absolute atomic E-state index is 11.8. The van der Waals surface area contributed by atoms with E-state index in [1.54, 1.807) is 12.1 Å². The third-order valence-electron chi connectivity index (χ3n) is 3.44. The van der Waals surface area contributed by atoms with E-state index in [9.17, 15) is 20.0 Å². The number of nitrogens with zero attached hydrogens (tertiary/aromatic N) is 1. The molecule has 1 aliphatic carbocycles. The van der Waals surface area contributed by atoms with Crippen molar-refractivity contribution in [2.24, 2.45) is 5.92 Å². The Morgan fingerprint density at radius 3 is 2.72 bits per heavy atom. The van der Waals surface area contributed by atoms with Gasteiger partial charge in [-0.25, -0.2) is 0 Å². The molecule has 1 aromatic rings. The molecule has 0 aliphatic heterocycles. The van der Waals surface area contributed by atoms with Crippen molar-refractivity contribution >= 4 is 11.5 Å². The molecule has 18 heavy (non-hydrogen) atoms. The van der Waals surface area contributed by atoms with E-state index in [1.807, 2.05) is 0 Å². The Balaban J connectivity index is 2.30. The monoisotopic (exact) mass is 249 g/mol. The highest BCUT2D eigenvalue weighted by molar-refractivity contribution is 5.82. The summed E-state index contributed by atoms with van der Waals surface area (Å²) in [5, 5.41) is 21.1. The van der Waals surface area contributed by atoms with E-state index in [4.69, 9.17) is 0 Å². The van der Waals surface area contributed by atoms with Gasteiger partial charge >= 0.3 is 0 Å². The second-order valence-corrected chi connectivity index (χ2v) is 4.58. The first-order valence-electron chi connectivity index (χ1n) is 6.05. The third-order valence-corrected chi connectivity index (χ3v) is 3.44. The maximum atomic E-state index is 11.8. The van der Waals surface area contributed by atoms with Gasteiger partial charge in [0.25, 0.3) is 5.69 Å². The van der Waals surface area contributed by atoms with Gasteiger partial charge in [-0.1, -0.05) is 18.6 Å². The summed E-state index contributed by atoms with van der Waals surface area (Å²) in [7, 11) is 0. The first kappa shape index (κ1) is 12.7. The Morgan fingerprint density at radius 1 is 1.33 bits per heavy atom. The summed E-state index contributed by atoms with van der Waals surface area (Å²) in [6.07, 6.45) is 1.72. The summed E-state index contributed by atoms with van der Waals surface area (Å²) in [5.74, 6) is -0.494. The molecule has 96 valence electrons. The molecular weight excluding hydrogens is 234 g/mol. The molecular formula is C13H15NO4. The Morgan fingerprint density at radius 2 is 2.06 bits per heavy atom. The molecule has 1 N–H and O–H groups in total. The molecule has 0 radical (unpaired) electrons. The average Bonchev–Trinajstić information content (AvgIpc) is 2.38. The highest BCUT2D eigenvalue weighted by Gasteiger charge is 2.33. The van der Waals surface area contributed by atoms with Crippen LogP contribution in [0.1, 0.15) is 37.4 Å². The summed E-state index contributed by atoms with van der Waals surface area (Å²) >= 11 is 0. The standard InChI is InChI=1S/C13H15NO4/c15-12-8-4-2-6-10(12)13(16)9-5-1-3-7-11(9)14(17)18/h1,3,5,7,10,13,16H,2,4,6,8H2/t10-,13+/m1/s1. The molecule has 0 spiro atoms. The van der Waals surface area contributed by atoms with Crippen LogP contribution in [0.15, 0.2) is 24.3 Å². The van der Waals surface area contributed by atoms with Crippen molar-refractivity contribution in [3.63, 3.8) is 0 Å². The molecule has 5 heteroatoms. The van der Waals surface area contributed by atoms with Crippen molar-refractivity contribution in [3.8, 4) is 0 Å². The summed E-state index contributed by atoms with van der Waals surface area (Å²) in [6, 6.07) is 6.06. The van der Waals surface area contributed by atoms with Gasteiger partial charge in [-0.05, 0) is 18.9 Å². The fraction of sp³-hybridized carbons (Fsp3) is 0.462. The number of nitro groups is 1. The average molecular weight is 249 g/mol. The molecule has 1 fully saturated rings. The number of aliphatic hydroxyl groups is 1. The summed E-state index contributed by atoms with van der Waals surface area (Å²) < 4.78 is 0. The topological polar surface area (TPSA) is 80.4 Å². The zero-order valence-corrected chi connectivity index (χ0v) is 9.91. The largest absolute Gasteiger partial charge is 0.387 e. The van der Waals surface area contributed by atoms with Gasteiger partial charge in [0.15, 0.2) is 0 Å². The van der Waals surface area contributed by atoms with Crippen LogP contribution in [0.5, 0.6) is 0 Å². The number of hydrogen-bond donors (Lipinski definition) is 1. The normalized spacial score (nSPS) is 21.6. The number of para-hydroxylation sites is 1. The van der Waals surface area contributed by atoms with Crippen molar-refractivity contribution in [1.82, 2.24) is 0 Å². The zero-order valence-electron chi connectivity index (χ0n) is 9.91. The van der Waals surface area contributed by atoms with Gasteiger partial charge in [0, 0.05) is 18.4 Å². The van der Waals surface area contributed by atoms with Crippen molar-refractivity contribution in [2.45, 2.75) is 31.8 Å². The van der Waals surface area contributed by atoms with Crippen LogP contribution in [0.4, 0.5) is 5.69 Å². The van der Waals surface area contributed by atoms with Gasteiger partial charge in [0.2, 0.25) is 0 Å². The number of Topliss-reactive ketones (excluding diaryl/α,β-unsaturated/α-hetero) is 1. The second kappa shape index (κ2) is 5.27. The number of nitro benzene ring substituents is 1. The number of aliphatic hydroxyl groups excluding tert-OH is 1. The van der Waals surface area contributed by atoms with Crippen LogP contribution in [-0.2, 0) is 4.79 Å². The highest BCUT2D eigenvalue weighted by Crippen LogP contribution is 2.35. The lowest BCUT2D eigenvalue weighted by Gasteiger charge is -2.25. The quantitative estimate of drug-likeness (QED) is 0.658. The molecule has 2 atom stereocenters. The maximum Gasteiger partial charge on any atom is 0.275 e. The van der Waals surface area contributed by atoms with Gasteiger partial charge in [-0.2, -0.15) is 0 Å². The number of carbonyl (C=O) groups excluding carboxylic acids is 1. The summed E-state index contributed by atoms with van der Waals surface area (Å²) in [4.78, 5) is 22.1. The summed E-state index contributed by atoms with van der Waals surface area (Å²) in [5.41, 5.74) is 0.117. The van der Waals surface area contributed by atoms with Gasteiger partial charge < -0.3 is 5.11 Å². The molecule has 5 nitrogen and oxygen atoms in total. The first-order valence-corrected chi connectivity index (χ1v) is 6.05. The van der Waals surface area contributed by atoms with Crippen LogP contribution in [0.3, 0.4) is 0 Å². The molecule has 0 unspecified atom stereocenters. The van der Waals surface area contributed by atoms with Crippen molar-refractivity contribution in [1.29, 1.82) is 0 Å². The number of carbonyl (C=O) groups is 1. The minimum absolute atomic E-state index is 0.00639. The second-order valence-electron chi connectivity index (χ2n) is 4.58. The lowest BCUT2D eigenvalue weighted by atomic mass is 9.81. The number of ketones is 1. The summed E-state index contributed by atoms with van der Waals surface area (Å²) in [6.45, 7) is 0. The molecule has 0 heterocycles. The Kier molecular flexibility index (Phi) is 3.72. The fourth-order valence-corrected chi connectivity index (χ4v) is 2.46. The van der Waals surface area contributed by atoms with Crippen LogP contribution >= 0.6 is 0 Å². The van der Waals surface area contributed by atoms with Crippen LogP contribution in [0.2, 0.25) is 0 Å². The van der Waals surface area contributed by atoms with Crippen LogP contribution in [0, 0.1) is 16.0 Å². The van der Waals surface area contributed by atoms with Crippen LogP contribution in [0.25, 0.3) is 0 Å². The number of hydrogen-bond acceptors (Lipinski definition) is 4. The predicted octanol–water partition coefficient (Wildman–Crippen LogP) is 2.39. The molecule has 0 amide bonds. The van der Waals surface area contributed by atoms with Crippen molar-refractivity contribution in [3.05, 3.63) is 39.9 Å². The van der Waals surface area contributed by atoms with Gasteiger partial charge in [0.05, 0.1) is 16.6 Å². The lowest BCUT2D eigenvalue weighted by Crippen LogP contribution is -2.26. The zero-order chi connectivity index (χ0) is 13.1. The fourth-order valence-electron chi connectivity index (χ4n) is 2.46. The van der Waals surface area contributed by atoms with Gasteiger partial charge in [-0.3, -0.25) is 14.9 Å². The molecule has 0 saturated heterocycles. The Hall–Kier alpha value is -1.75.